The Kier molecular flexibility index (Phi) is 3.81. The van der Waals surface area contributed by atoms with Crippen LogP contribution in [0.4, 0.5) is 0 Å². The predicted octanol–water partition coefficient (Wildman–Crippen LogP) is 3.09. The van der Waals surface area contributed by atoms with Crippen LogP contribution in [0.15, 0.2) is 12.1 Å². The molecular formula is C9H12O2S2. The number of carbonyl (C=O) groups is 1. The Labute approximate surface area is 86.0 Å². The number of hydrogen-bond acceptors (Lipinski definition) is 3. The SMILES string of the molecule is CC(C)SCc1ccc(C(=O)O)s1. The number of thiophene rings is 1. The molecule has 0 amide bonds. The third-order valence-electron chi connectivity index (χ3n) is 1.43. The Morgan fingerprint density at radius 2 is 2.31 bits per heavy atom. The van der Waals surface area contributed by atoms with Crippen molar-refractivity contribution in [2.24, 2.45) is 0 Å². The summed E-state index contributed by atoms with van der Waals surface area (Å²) in [5, 5.41) is 9.27. The van der Waals surface area contributed by atoms with Gasteiger partial charge in [-0.15, -0.1) is 11.3 Å². The molecule has 1 rings (SSSR count). The van der Waals surface area contributed by atoms with E-state index in [9.17, 15) is 4.79 Å². The van der Waals surface area contributed by atoms with Gasteiger partial charge in [0.05, 0.1) is 0 Å². The first-order valence-electron chi connectivity index (χ1n) is 4.03. The highest BCUT2D eigenvalue weighted by atomic mass is 32.2. The van der Waals surface area contributed by atoms with Crippen LogP contribution in [-0.2, 0) is 5.75 Å². The van der Waals surface area contributed by atoms with Crippen LogP contribution in [0.3, 0.4) is 0 Å². The van der Waals surface area contributed by atoms with Crippen LogP contribution < -0.4 is 0 Å². The van der Waals surface area contributed by atoms with E-state index < -0.39 is 5.97 Å². The Morgan fingerprint density at radius 1 is 1.62 bits per heavy atom. The van der Waals surface area contributed by atoms with Crippen molar-refractivity contribution in [3.05, 3.63) is 21.9 Å². The molecule has 72 valence electrons. The van der Waals surface area contributed by atoms with Gasteiger partial charge in [-0.25, -0.2) is 4.79 Å². The monoisotopic (exact) mass is 216 g/mol. The molecule has 0 saturated carbocycles. The fourth-order valence-electron chi connectivity index (χ4n) is 0.819. The molecule has 2 nitrogen and oxygen atoms in total. The Morgan fingerprint density at radius 3 is 2.77 bits per heavy atom. The second-order valence-electron chi connectivity index (χ2n) is 2.93. The lowest BCUT2D eigenvalue weighted by Gasteiger charge is -2.00. The van der Waals surface area contributed by atoms with Gasteiger partial charge in [0.15, 0.2) is 0 Å². The molecule has 1 aromatic rings. The van der Waals surface area contributed by atoms with Gasteiger partial charge < -0.3 is 5.11 Å². The first kappa shape index (κ1) is 10.6. The van der Waals surface area contributed by atoms with Crippen molar-refractivity contribution in [3.63, 3.8) is 0 Å². The van der Waals surface area contributed by atoms with Crippen molar-refractivity contribution in [1.29, 1.82) is 0 Å². The van der Waals surface area contributed by atoms with Gasteiger partial charge in [-0.1, -0.05) is 13.8 Å². The van der Waals surface area contributed by atoms with Gasteiger partial charge in [0.1, 0.15) is 4.88 Å². The zero-order valence-electron chi connectivity index (χ0n) is 7.61. The van der Waals surface area contributed by atoms with Gasteiger partial charge in [-0.05, 0) is 17.4 Å². The number of aromatic carboxylic acids is 1. The summed E-state index contributed by atoms with van der Waals surface area (Å²) >= 11 is 3.19. The van der Waals surface area contributed by atoms with E-state index in [0.29, 0.717) is 10.1 Å². The van der Waals surface area contributed by atoms with Gasteiger partial charge in [0, 0.05) is 10.6 Å². The van der Waals surface area contributed by atoms with E-state index in [1.165, 1.54) is 11.3 Å². The van der Waals surface area contributed by atoms with Gasteiger partial charge in [-0.3, -0.25) is 0 Å². The lowest BCUT2D eigenvalue weighted by Crippen LogP contribution is -1.89. The molecule has 1 heterocycles. The highest BCUT2D eigenvalue weighted by Crippen LogP contribution is 2.23. The first-order chi connectivity index (χ1) is 6.09. The summed E-state index contributed by atoms with van der Waals surface area (Å²) in [5.41, 5.74) is 0. The van der Waals surface area contributed by atoms with E-state index in [0.717, 1.165) is 10.6 Å². The summed E-state index contributed by atoms with van der Waals surface area (Å²) in [7, 11) is 0. The maximum absolute atomic E-state index is 10.6. The molecule has 0 saturated heterocycles. The number of thioether (sulfide) groups is 1. The fraction of sp³-hybridized carbons (Fsp3) is 0.444. The fourth-order valence-corrected chi connectivity index (χ4v) is 2.49. The van der Waals surface area contributed by atoms with Crippen LogP contribution in [0.1, 0.15) is 28.4 Å². The third kappa shape index (κ3) is 3.40. The molecule has 0 aliphatic rings. The molecule has 0 spiro atoms. The van der Waals surface area contributed by atoms with E-state index in [2.05, 4.69) is 13.8 Å². The topological polar surface area (TPSA) is 37.3 Å². The van der Waals surface area contributed by atoms with Crippen molar-refractivity contribution < 1.29 is 9.90 Å². The molecule has 1 aromatic heterocycles. The van der Waals surface area contributed by atoms with Crippen molar-refractivity contribution in [3.8, 4) is 0 Å². The number of carboxylic acids is 1. The molecule has 0 aliphatic heterocycles. The minimum atomic E-state index is -0.828. The van der Waals surface area contributed by atoms with Crippen LogP contribution in [0, 0.1) is 0 Å². The molecule has 0 radical (unpaired) electrons. The number of carboxylic acid groups (broad SMARTS) is 1. The summed E-state index contributed by atoms with van der Waals surface area (Å²) in [6.45, 7) is 4.27. The molecule has 0 fully saturated rings. The summed E-state index contributed by atoms with van der Waals surface area (Å²) in [6.07, 6.45) is 0. The molecular weight excluding hydrogens is 204 g/mol. The predicted molar refractivity (Wildman–Crippen MR) is 57.7 cm³/mol. The largest absolute Gasteiger partial charge is 0.477 e. The van der Waals surface area contributed by atoms with Crippen molar-refractivity contribution >= 4 is 29.1 Å². The van der Waals surface area contributed by atoms with Crippen LogP contribution in [0.25, 0.3) is 0 Å². The van der Waals surface area contributed by atoms with Crippen LogP contribution in [0.5, 0.6) is 0 Å². The number of rotatable bonds is 4. The Balaban J connectivity index is 2.54. The molecule has 4 heteroatoms. The van der Waals surface area contributed by atoms with E-state index in [-0.39, 0.29) is 0 Å². The van der Waals surface area contributed by atoms with Crippen molar-refractivity contribution in [2.75, 3.05) is 0 Å². The van der Waals surface area contributed by atoms with Crippen LogP contribution >= 0.6 is 23.1 Å². The molecule has 13 heavy (non-hydrogen) atoms. The van der Waals surface area contributed by atoms with E-state index >= 15 is 0 Å². The van der Waals surface area contributed by atoms with Gasteiger partial charge in [0.25, 0.3) is 0 Å². The minimum Gasteiger partial charge on any atom is -0.477 e. The molecule has 1 N–H and O–H groups in total. The van der Waals surface area contributed by atoms with Gasteiger partial charge >= 0.3 is 5.97 Å². The molecule has 0 aliphatic carbocycles. The van der Waals surface area contributed by atoms with Crippen molar-refractivity contribution in [2.45, 2.75) is 24.9 Å². The second kappa shape index (κ2) is 4.67. The lowest BCUT2D eigenvalue weighted by atomic mass is 10.4. The van der Waals surface area contributed by atoms with Gasteiger partial charge in [-0.2, -0.15) is 11.8 Å². The van der Waals surface area contributed by atoms with Crippen LogP contribution in [-0.4, -0.2) is 16.3 Å². The normalized spacial score (nSPS) is 10.7. The molecule has 0 bridgehead atoms. The summed E-state index contributed by atoms with van der Waals surface area (Å²) in [5.74, 6) is 0.0843. The zero-order valence-corrected chi connectivity index (χ0v) is 9.24. The highest BCUT2D eigenvalue weighted by Gasteiger charge is 2.06. The zero-order chi connectivity index (χ0) is 9.84. The van der Waals surface area contributed by atoms with E-state index in [4.69, 9.17) is 5.11 Å². The standard InChI is InChI=1S/C9H12O2S2/c1-6(2)12-5-7-3-4-8(13-7)9(10)11/h3-4,6H,5H2,1-2H3,(H,10,11). The number of hydrogen-bond donors (Lipinski definition) is 1. The summed E-state index contributed by atoms with van der Waals surface area (Å²) < 4.78 is 0. The maximum Gasteiger partial charge on any atom is 0.345 e. The minimum absolute atomic E-state index is 0.430. The van der Waals surface area contributed by atoms with Crippen molar-refractivity contribution in [1.82, 2.24) is 0 Å². The Hall–Kier alpha value is -0.480. The second-order valence-corrected chi connectivity index (χ2v) is 5.66. The highest BCUT2D eigenvalue weighted by molar-refractivity contribution is 7.99. The smallest absolute Gasteiger partial charge is 0.345 e. The van der Waals surface area contributed by atoms with E-state index in [1.807, 2.05) is 17.8 Å². The Bertz CT molecular complexity index is 292. The lowest BCUT2D eigenvalue weighted by molar-refractivity contribution is 0.0702. The summed E-state index contributed by atoms with van der Waals surface area (Å²) in [4.78, 5) is 12.1. The third-order valence-corrected chi connectivity index (χ3v) is 3.83. The molecule has 0 unspecified atom stereocenters. The molecule has 0 atom stereocenters. The molecule has 0 aromatic carbocycles. The quantitative estimate of drug-likeness (QED) is 0.840. The average molecular weight is 216 g/mol. The first-order valence-corrected chi connectivity index (χ1v) is 5.89. The maximum atomic E-state index is 10.6. The average Bonchev–Trinajstić information content (AvgIpc) is 2.48. The van der Waals surface area contributed by atoms with Crippen LogP contribution in [0.2, 0.25) is 0 Å². The summed E-state index contributed by atoms with van der Waals surface area (Å²) in [6, 6.07) is 3.56. The van der Waals surface area contributed by atoms with Gasteiger partial charge in [0.2, 0.25) is 0 Å². The van der Waals surface area contributed by atoms with E-state index in [1.54, 1.807) is 6.07 Å².